The Balaban J connectivity index is 1.44. The lowest BCUT2D eigenvalue weighted by atomic mass is 9.47. The van der Waals surface area contributed by atoms with Crippen molar-refractivity contribution in [1.29, 1.82) is 0 Å². The zero-order valence-electron chi connectivity index (χ0n) is 20.0. The van der Waals surface area contributed by atoms with E-state index in [0.717, 1.165) is 65.0 Å². The zero-order valence-corrected chi connectivity index (χ0v) is 20.0. The molecular weight excluding hydrogens is 438 g/mol. The highest BCUT2D eigenvalue weighted by molar-refractivity contribution is 5.96. The van der Waals surface area contributed by atoms with Crippen LogP contribution >= 0.6 is 0 Å². The number of carbonyl (C=O) groups is 1. The fraction of sp³-hybridized carbons (Fsp3) is 0.464. The first-order valence-electron chi connectivity index (χ1n) is 12.8. The van der Waals surface area contributed by atoms with E-state index in [1.54, 1.807) is 6.20 Å². The van der Waals surface area contributed by atoms with Crippen molar-refractivity contribution in [2.75, 3.05) is 4.90 Å². The molecule has 35 heavy (non-hydrogen) atoms. The highest BCUT2D eigenvalue weighted by atomic mass is 16.3. The van der Waals surface area contributed by atoms with Crippen LogP contribution in [-0.4, -0.2) is 25.8 Å². The number of aliphatic hydroxyl groups is 1. The highest BCUT2D eigenvalue weighted by Gasteiger charge is 2.58. The maximum absolute atomic E-state index is 13.2. The van der Waals surface area contributed by atoms with Gasteiger partial charge in [0.05, 0.1) is 23.9 Å². The van der Waals surface area contributed by atoms with Crippen LogP contribution in [0, 0.1) is 23.2 Å². The molecule has 4 saturated carbocycles. The summed E-state index contributed by atoms with van der Waals surface area (Å²) >= 11 is 0. The normalized spacial score (nSPS) is 31.3. The Labute approximate surface area is 204 Å². The van der Waals surface area contributed by atoms with Gasteiger partial charge in [-0.3, -0.25) is 14.7 Å². The number of aromatic nitrogens is 3. The largest absolute Gasteiger partial charge is 0.390 e. The number of carbonyl (C=O) groups excluding carboxylic acids is 1. The quantitative estimate of drug-likeness (QED) is 0.582. The Kier molecular flexibility index (Phi) is 4.47. The number of fused-ring (bicyclic) bond motifs is 2. The SMILES string of the molecule is CC1=C(C(N)=O)C(C23CC4CC(CC(C4)C2)C3)n2nc(CO)cc2N1c1ccc2cnccc2c1. The van der Waals surface area contributed by atoms with E-state index >= 15 is 0 Å². The summed E-state index contributed by atoms with van der Waals surface area (Å²) in [4.78, 5) is 19.5. The number of benzene rings is 1. The number of rotatable bonds is 4. The smallest absolute Gasteiger partial charge is 0.248 e. The van der Waals surface area contributed by atoms with Crippen molar-refractivity contribution < 1.29 is 9.90 Å². The molecule has 1 amide bonds. The molecule has 3 N–H and O–H groups in total. The average Bonchev–Trinajstić information content (AvgIpc) is 3.25. The van der Waals surface area contributed by atoms with Gasteiger partial charge in [-0.1, -0.05) is 6.07 Å². The Hall–Kier alpha value is -3.19. The minimum absolute atomic E-state index is 0.00495. The van der Waals surface area contributed by atoms with Crippen molar-refractivity contribution in [3.63, 3.8) is 0 Å². The van der Waals surface area contributed by atoms with E-state index in [2.05, 4.69) is 16.0 Å². The van der Waals surface area contributed by atoms with Crippen LogP contribution in [-0.2, 0) is 11.4 Å². The zero-order chi connectivity index (χ0) is 23.9. The number of nitrogens with two attached hydrogens (primary N) is 1. The second-order valence-corrected chi connectivity index (χ2v) is 11.4. The summed E-state index contributed by atoms with van der Waals surface area (Å²) in [6, 6.07) is 9.97. The fourth-order valence-electron chi connectivity index (χ4n) is 8.41. The number of hydrogen-bond acceptors (Lipinski definition) is 5. The standard InChI is InChI=1S/C28H31N5O2/c1-16-25(27(29)35)26(28-11-17-6-18(12-28)8-19(7-17)13-28)33-24(10-22(15-34)31-33)32(16)23-3-2-21-14-30-5-4-20(21)9-23/h2-5,9-10,14,17-19,26,34H,6-8,11-13,15H2,1H3,(H2,29,35). The molecule has 7 heteroatoms. The first-order chi connectivity index (χ1) is 17.0. The van der Waals surface area contributed by atoms with Crippen LogP contribution in [0.2, 0.25) is 0 Å². The Morgan fingerprint density at radius 1 is 1.09 bits per heavy atom. The van der Waals surface area contributed by atoms with E-state index in [1.165, 1.54) is 19.3 Å². The predicted molar refractivity (Wildman–Crippen MR) is 134 cm³/mol. The second-order valence-electron chi connectivity index (χ2n) is 11.4. The monoisotopic (exact) mass is 469 g/mol. The van der Waals surface area contributed by atoms with E-state index < -0.39 is 0 Å². The molecule has 4 bridgehead atoms. The van der Waals surface area contributed by atoms with Crippen molar-refractivity contribution in [3.8, 4) is 0 Å². The number of amides is 1. The third-order valence-corrected chi connectivity index (χ3v) is 9.21. The molecule has 3 aromatic rings. The molecule has 180 valence electrons. The molecule has 1 aromatic carbocycles. The Morgan fingerprint density at radius 3 is 2.46 bits per heavy atom. The van der Waals surface area contributed by atoms with E-state index in [0.29, 0.717) is 11.3 Å². The minimum Gasteiger partial charge on any atom is -0.390 e. The molecule has 5 aliphatic rings. The van der Waals surface area contributed by atoms with Crippen LogP contribution in [0.5, 0.6) is 0 Å². The molecule has 0 radical (unpaired) electrons. The minimum atomic E-state index is -0.370. The maximum atomic E-state index is 13.2. The number of aliphatic hydroxyl groups excluding tert-OH is 1. The molecular formula is C28H31N5O2. The van der Waals surface area contributed by atoms with Crippen LogP contribution in [0.15, 0.2) is 54.0 Å². The van der Waals surface area contributed by atoms with Crippen LogP contribution in [0.25, 0.3) is 10.8 Å². The van der Waals surface area contributed by atoms with Gasteiger partial charge in [-0.15, -0.1) is 0 Å². The van der Waals surface area contributed by atoms with E-state index in [4.69, 9.17) is 10.8 Å². The van der Waals surface area contributed by atoms with E-state index in [9.17, 15) is 9.90 Å². The van der Waals surface area contributed by atoms with Gasteiger partial charge >= 0.3 is 0 Å². The summed E-state index contributed by atoms with van der Waals surface area (Å²) < 4.78 is 2.03. The number of hydrogen-bond donors (Lipinski definition) is 2. The molecule has 4 fully saturated rings. The lowest BCUT2D eigenvalue weighted by molar-refractivity contribution is -0.118. The summed E-state index contributed by atoms with van der Waals surface area (Å²) in [6.07, 6.45) is 11.0. The van der Waals surface area contributed by atoms with Gasteiger partial charge in [-0.2, -0.15) is 5.10 Å². The number of anilines is 2. The van der Waals surface area contributed by atoms with Crippen LogP contribution in [0.1, 0.15) is 57.2 Å². The third-order valence-electron chi connectivity index (χ3n) is 9.21. The summed E-state index contributed by atoms with van der Waals surface area (Å²) in [7, 11) is 0. The van der Waals surface area contributed by atoms with Crippen molar-refractivity contribution in [2.45, 2.75) is 58.1 Å². The van der Waals surface area contributed by atoms with Crippen LogP contribution in [0.4, 0.5) is 11.5 Å². The molecule has 1 unspecified atom stereocenters. The van der Waals surface area contributed by atoms with Gasteiger partial charge in [0.2, 0.25) is 5.91 Å². The third kappa shape index (κ3) is 3.03. The van der Waals surface area contributed by atoms with Crippen molar-refractivity contribution in [2.24, 2.45) is 28.9 Å². The molecule has 0 saturated heterocycles. The Morgan fingerprint density at radius 2 is 1.80 bits per heavy atom. The van der Waals surface area contributed by atoms with Gasteiger partial charge in [0.1, 0.15) is 5.82 Å². The number of nitrogens with zero attached hydrogens (tertiary/aromatic N) is 4. The van der Waals surface area contributed by atoms with Gasteiger partial charge in [0, 0.05) is 35.2 Å². The van der Waals surface area contributed by atoms with Crippen molar-refractivity contribution >= 4 is 28.2 Å². The highest BCUT2D eigenvalue weighted by Crippen LogP contribution is 2.66. The molecule has 4 aliphatic carbocycles. The second kappa shape index (κ2) is 7.40. The van der Waals surface area contributed by atoms with E-state index in [-0.39, 0.29) is 24.0 Å². The fourth-order valence-corrected chi connectivity index (χ4v) is 8.41. The van der Waals surface area contributed by atoms with Crippen molar-refractivity contribution in [1.82, 2.24) is 14.8 Å². The topological polar surface area (TPSA) is 97.3 Å². The molecule has 1 aliphatic heterocycles. The molecule has 0 spiro atoms. The molecule has 7 nitrogen and oxygen atoms in total. The lowest BCUT2D eigenvalue weighted by Crippen LogP contribution is -2.53. The molecule has 1 atom stereocenters. The molecule has 3 heterocycles. The molecule has 2 aromatic heterocycles. The van der Waals surface area contributed by atoms with Gasteiger partial charge in [-0.25, -0.2) is 4.68 Å². The summed E-state index contributed by atoms with van der Waals surface area (Å²) in [5, 5.41) is 17.1. The first kappa shape index (κ1) is 21.1. The number of pyridine rings is 1. The first-order valence-corrected chi connectivity index (χ1v) is 12.8. The van der Waals surface area contributed by atoms with E-state index in [1.807, 2.05) is 42.1 Å². The van der Waals surface area contributed by atoms with Crippen molar-refractivity contribution in [3.05, 3.63) is 59.7 Å². The summed E-state index contributed by atoms with van der Waals surface area (Å²) in [5.74, 6) is 2.73. The van der Waals surface area contributed by atoms with Crippen LogP contribution in [0.3, 0.4) is 0 Å². The maximum Gasteiger partial charge on any atom is 0.248 e. The summed E-state index contributed by atoms with van der Waals surface area (Å²) in [5.41, 5.74) is 9.25. The lowest BCUT2D eigenvalue weighted by Gasteiger charge is -2.60. The predicted octanol–water partition coefficient (Wildman–Crippen LogP) is 4.59. The number of primary amides is 1. The molecule has 8 rings (SSSR count). The number of allylic oxidation sites excluding steroid dienone is 1. The average molecular weight is 470 g/mol. The van der Waals surface area contributed by atoms with Gasteiger partial charge in [0.25, 0.3) is 0 Å². The van der Waals surface area contributed by atoms with Gasteiger partial charge in [-0.05, 0) is 92.2 Å². The van der Waals surface area contributed by atoms with Crippen LogP contribution < -0.4 is 10.6 Å². The summed E-state index contributed by atoms with van der Waals surface area (Å²) in [6.45, 7) is 1.87. The van der Waals surface area contributed by atoms with Gasteiger partial charge in [0.15, 0.2) is 0 Å². The van der Waals surface area contributed by atoms with Gasteiger partial charge < -0.3 is 10.8 Å². The Bertz CT molecular complexity index is 1350.